The number of halogens is 2. The minimum atomic E-state index is -2.26. The first-order chi connectivity index (χ1) is 16.7. The van der Waals surface area contributed by atoms with E-state index in [0.29, 0.717) is 25.9 Å². The highest BCUT2D eigenvalue weighted by molar-refractivity contribution is 7.80. The van der Waals surface area contributed by atoms with Crippen molar-refractivity contribution in [2.45, 2.75) is 88.9 Å². The fraction of sp³-hybridized carbons (Fsp3) is 0.741. The summed E-state index contributed by atoms with van der Waals surface area (Å²) < 4.78 is 44.7. The maximum atomic E-state index is 17.3. The van der Waals surface area contributed by atoms with Crippen LogP contribution in [0.25, 0.3) is 0 Å². The topological polar surface area (TPSA) is 93.1 Å². The third kappa shape index (κ3) is 2.96. The highest BCUT2D eigenvalue weighted by Crippen LogP contribution is 2.71. The van der Waals surface area contributed by atoms with Crippen molar-refractivity contribution in [1.29, 1.82) is 0 Å². The Labute approximate surface area is 215 Å². The van der Waals surface area contributed by atoms with Gasteiger partial charge in [-0.1, -0.05) is 19.9 Å². The lowest BCUT2D eigenvalue weighted by Crippen LogP contribution is -2.71. The molecule has 6 nitrogen and oxygen atoms in total. The zero-order chi connectivity index (χ0) is 26.5. The molecule has 3 saturated carbocycles. The molecule has 5 aliphatic rings. The highest BCUT2D eigenvalue weighted by atomic mass is 32.1. The summed E-state index contributed by atoms with van der Waals surface area (Å²) >= 11 is 5.31. The van der Waals surface area contributed by atoms with Gasteiger partial charge in [0.2, 0.25) is 5.05 Å². The summed E-state index contributed by atoms with van der Waals surface area (Å²) in [4.78, 5) is 25.4. The number of hydrogen-bond donors (Lipinski definition) is 2. The van der Waals surface area contributed by atoms with Crippen LogP contribution in [0.3, 0.4) is 0 Å². The van der Waals surface area contributed by atoms with Crippen molar-refractivity contribution in [2.75, 3.05) is 6.61 Å². The molecule has 0 aromatic rings. The standard InChI is InChI=1S/C27H34F2O6S/c1-14-10-16-17-12-19(28)18-11-15(30)6-8-23(18,2)26(17,29)20(31)13-24(16,3)27(14,22(33)36)35-21(32)25(4)7-5-9-34-25/h6,8,11,14,16-17,19-20,31H,5,7,9-10,12-13H2,1-4H3,(H,33,36)/t14-,16+,17+,19+,20+,23+,24+,25?,26+,27+/m1/s1. The number of ether oxygens (including phenoxy) is 2. The number of carbonyl (C=O) groups is 2. The molecule has 0 bridgehead atoms. The summed E-state index contributed by atoms with van der Waals surface area (Å²) in [5.41, 5.74) is -7.76. The van der Waals surface area contributed by atoms with Gasteiger partial charge in [0.25, 0.3) is 0 Å². The Kier molecular flexibility index (Phi) is 5.69. The number of thiocarbonyl (C=S) groups is 1. The number of esters is 1. The Morgan fingerprint density at radius 3 is 2.56 bits per heavy atom. The number of aliphatic hydroxyl groups is 2. The first-order valence-electron chi connectivity index (χ1n) is 12.7. The second-order valence-corrected chi connectivity index (χ2v) is 12.5. The maximum Gasteiger partial charge on any atom is 0.339 e. The molecule has 0 aromatic carbocycles. The van der Waals surface area contributed by atoms with E-state index < -0.39 is 74.5 Å². The van der Waals surface area contributed by atoms with Gasteiger partial charge in [0.05, 0.1) is 6.10 Å². The summed E-state index contributed by atoms with van der Waals surface area (Å²) in [6.45, 7) is 7.11. The molecule has 9 heteroatoms. The average Bonchev–Trinajstić information content (AvgIpc) is 3.33. The van der Waals surface area contributed by atoms with Crippen LogP contribution in [0.4, 0.5) is 8.78 Å². The summed E-state index contributed by atoms with van der Waals surface area (Å²) in [6, 6.07) is 0. The minimum absolute atomic E-state index is 0.0455. The van der Waals surface area contributed by atoms with E-state index in [1.165, 1.54) is 19.1 Å². The van der Waals surface area contributed by atoms with Gasteiger partial charge in [-0.05, 0) is 81.8 Å². The van der Waals surface area contributed by atoms with Gasteiger partial charge in [-0.3, -0.25) is 4.79 Å². The van der Waals surface area contributed by atoms with Gasteiger partial charge in [-0.25, -0.2) is 13.6 Å². The summed E-state index contributed by atoms with van der Waals surface area (Å²) in [7, 11) is 0. The Morgan fingerprint density at radius 2 is 1.94 bits per heavy atom. The fourth-order valence-corrected chi connectivity index (χ4v) is 8.91. The first-order valence-corrected chi connectivity index (χ1v) is 13.2. The van der Waals surface area contributed by atoms with E-state index in [2.05, 4.69) is 0 Å². The van der Waals surface area contributed by atoms with Gasteiger partial charge >= 0.3 is 5.97 Å². The molecule has 36 heavy (non-hydrogen) atoms. The van der Waals surface area contributed by atoms with Gasteiger partial charge in [-0.2, -0.15) is 0 Å². The molecule has 1 aliphatic heterocycles. The molecule has 0 aromatic heterocycles. The Balaban J connectivity index is 1.60. The van der Waals surface area contributed by atoms with Gasteiger partial charge in [0.15, 0.2) is 22.7 Å². The van der Waals surface area contributed by atoms with Crippen LogP contribution in [-0.2, 0) is 19.1 Å². The van der Waals surface area contributed by atoms with Crippen molar-refractivity contribution in [1.82, 2.24) is 0 Å². The molecular weight excluding hydrogens is 490 g/mol. The second-order valence-electron chi connectivity index (χ2n) is 12.1. The lowest BCUT2D eigenvalue weighted by molar-refractivity contribution is -0.227. The van der Waals surface area contributed by atoms with Crippen LogP contribution in [0.5, 0.6) is 0 Å². The van der Waals surface area contributed by atoms with E-state index in [0.717, 1.165) is 6.08 Å². The molecule has 2 N–H and O–H groups in total. The molecule has 5 rings (SSSR count). The molecule has 1 saturated heterocycles. The van der Waals surface area contributed by atoms with Crippen molar-refractivity contribution in [3.05, 3.63) is 23.8 Å². The Bertz CT molecular complexity index is 1080. The predicted octanol–water partition coefficient (Wildman–Crippen LogP) is 4.29. The van der Waals surface area contributed by atoms with E-state index in [4.69, 9.17) is 21.7 Å². The number of rotatable bonds is 3. The van der Waals surface area contributed by atoms with E-state index in [9.17, 15) is 19.8 Å². The van der Waals surface area contributed by atoms with Crippen LogP contribution in [0, 0.1) is 28.6 Å². The molecule has 10 atom stereocenters. The Hall–Kier alpha value is -1.71. The van der Waals surface area contributed by atoms with Crippen molar-refractivity contribution in [3.63, 3.8) is 0 Å². The molecule has 0 spiro atoms. The van der Waals surface area contributed by atoms with Crippen LogP contribution in [0.2, 0.25) is 0 Å². The van der Waals surface area contributed by atoms with Crippen molar-refractivity contribution < 1.29 is 38.1 Å². The Morgan fingerprint density at radius 1 is 1.25 bits per heavy atom. The molecule has 0 radical (unpaired) electrons. The zero-order valence-electron chi connectivity index (χ0n) is 21.1. The maximum absolute atomic E-state index is 17.3. The highest BCUT2D eigenvalue weighted by Gasteiger charge is 2.78. The van der Waals surface area contributed by atoms with E-state index >= 15 is 8.78 Å². The molecule has 4 aliphatic carbocycles. The van der Waals surface area contributed by atoms with E-state index in [1.54, 1.807) is 20.8 Å². The normalized spacial score (nSPS) is 51.7. The van der Waals surface area contributed by atoms with E-state index in [-0.39, 0.29) is 18.4 Å². The average molecular weight is 525 g/mol. The molecule has 4 fully saturated rings. The number of fused-ring (bicyclic) bond motifs is 5. The SMILES string of the molecule is C[C@@H]1C[C@H]2[C@@H]3C[C@H](F)C4=CC(=O)C=C[C@]4(C)[C@@]3(F)[C@@H](O)C[C@]2(C)[C@@]1(OC(=O)C1(C)CCCO1)C(O)=S. The number of carbonyl (C=O) groups excluding carboxylic acids is 2. The smallest absolute Gasteiger partial charge is 0.339 e. The predicted molar refractivity (Wildman–Crippen MR) is 131 cm³/mol. The van der Waals surface area contributed by atoms with Gasteiger partial charge in [0.1, 0.15) is 6.17 Å². The largest absolute Gasteiger partial charge is 0.499 e. The molecule has 1 heterocycles. The number of aliphatic hydroxyl groups excluding tert-OH is 2. The third-order valence-corrected chi connectivity index (χ3v) is 10.7. The fourth-order valence-electron chi connectivity index (χ4n) is 8.43. The number of allylic oxidation sites excluding steroid dienone is 4. The van der Waals surface area contributed by atoms with Crippen LogP contribution in [-0.4, -0.2) is 62.8 Å². The first kappa shape index (κ1) is 25.9. The van der Waals surface area contributed by atoms with Crippen LogP contribution < -0.4 is 0 Å². The molecule has 1 unspecified atom stereocenters. The van der Waals surface area contributed by atoms with Crippen molar-refractivity contribution >= 4 is 29.0 Å². The van der Waals surface area contributed by atoms with Crippen LogP contribution >= 0.6 is 12.2 Å². The van der Waals surface area contributed by atoms with Gasteiger partial charge < -0.3 is 19.7 Å². The molecule has 0 amide bonds. The summed E-state index contributed by atoms with van der Waals surface area (Å²) in [5, 5.41) is 21.9. The van der Waals surface area contributed by atoms with Gasteiger partial charge in [0, 0.05) is 29.3 Å². The van der Waals surface area contributed by atoms with Crippen molar-refractivity contribution in [2.24, 2.45) is 28.6 Å². The zero-order valence-corrected chi connectivity index (χ0v) is 21.9. The third-order valence-electron chi connectivity index (χ3n) is 10.4. The lowest BCUT2D eigenvalue weighted by atomic mass is 9.44. The minimum Gasteiger partial charge on any atom is -0.499 e. The molecular formula is C27H34F2O6S. The van der Waals surface area contributed by atoms with Crippen LogP contribution in [0.1, 0.15) is 59.8 Å². The number of hydrogen-bond acceptors (Lipinski definition) is 6. The number of alkyl halides is 2. The van der Waals surface area contributed by atoms with E-state index in [1.807, 2.05) is 0 Å². The molecule has 198 valence electrons. The summed E-state index contributed by atoms with van der Waals surface area (Å²) in [6.07, 6.45) is 1.66. The monoisotopic (exact) mass is 524 g/mol. The second kappa shape index (κ2) is 7.90. The van der Waals surface area contributed by atoms with Gasteiger partial charge in [-0.15, -0.1) is 0 Å². The summed E-state index contributed by atoms with van der Waals surface area (Å²) in [5.74, 6) is -3.10. The lowest BCUT2D eigenvalue weighted by Gasteiger charge is -2.63. The van der Waals surface area contributed by atoms with Crippen molar-refractivity contribution in [3.8, 4) is 0 Å². The number of ketones is 1. The quantitative estimate of drug-likeness (QED) is 0.420. The van der Waals surface area contributed by atoms with Crippen LogP contribution in [0.15, 0.2) is 23.8 Å².